The SMILES string of the molecule is Oc1cc(C(F)(F)F)ccc1-c1nnc(NC2CCCCC2O)c2ncccc12. The summed E-state index contributed by atoms with van der Waals surface area (Å²) in [7, 11) is 0. The van der Waals surface area contributed by atoms with Crippen LogP contribution in [-0.2, 0) is 6.18 Å². The summed E-state index contributed by atoms with van der Waals surface area (Å²) < 4.78 is 38.7. The molecule has 0 radical (unpaired) electrons. The normalized spacial score (nSPS) is 20.0. The van der Waals surface area contributed by atoms with Gasteiger partial charge in [-0.25, -0.2) is 0 Å². The van der Waals surface area contributed by atoms with Gasteiger partial charge in [0.2, 0.25) is 0 Å². The van der Waals surface area contributed by atoms with Crippen molar-refractivity contribution in [2.45, 2.75) is 44.0 Å². The van der Waals surface area contributed by atoms with Crippen molar-refractivity contribution in [3.8, 4) is 17.0 Å². The molecular formula is C20H19F3N4O2. The minimum absolute atomic E-state index is 0.132. The van der Waals surface area contributed by atoms with Gasteiger partial charge in [0.1, 0.15) is 17.0 Å². The van der Waals surface area contributed by atoms with Crippen LogP contribution in [0.25, 0.3) is 22.2 Å². The third-order valence-electron chi connectivity index (χ3n) is 5.17. The molecule has 0 aliphatic heterocycles. The van der Waals surface area contributed by atoms with E-state index in [0.29, 0.717) is 29.2 Å². The van der Waals surface area contributed by atoms with Gasteiger partial charge >= 0.3 is 6.18 Å². The molecule has 2 aromatic heterocycles. The number of phenols is 1. The lowest BCUT2D eigenvalue weighted by molar-refractivity contribution is -0.137. The van der Waals surface area contributed by atoms with Gasteiger partial charge in [-0.2, -0.15) is 13.2 Å². The summed E-state index contributed by atoms with van der Waals surface area (Å²) >= 11 is 0. The second kappa shape index (κ2) is 7.47. The van der Waals surface area contributed by atoms with Crippen LogP contribution < -0.4 is 5.32 Å². The zero-order valence-corrected chi connectivity index (χ0v) is 15.3. The topological polar surface area (TPSA) is 91.2 Å². The first-order valence-corrected chi connectivity index (χ1v) is 9.31. The number of aliphatic hydroxyl groups is 1. The molecule has 3 aromatic rings. The Bertz CT molecular complexity index is 1040. The molecule has 29 heavy (non-hydrogen) atoms. The predicted molar refractivity (Wildman–Crippen MR) is 101 cm³/mol. The smallest absolute Gasteiger partial charge is 0.416 e. The molecule has 3 N–H and O–H groups in total. The Hall–Kier alpha value is -2.94. The zero-order chi connectivity index (χ0) is 20.6. The molecule has 2 heterocycles. The number of phenolic OH excluding ortho intramolecular Hbond substituents is 1. The minimum Gasteiger partial charge on any atom is -0.507 e. The van der Waals surface area contributed by atoms with Crippen molar-refractivity contribution < 1.29 is 23.4 Å². The molecule has 6 nitrogen and oxygen atoms in total. The predicted octanol–water partition coefficient (Wildman–Crippen LogP) is 4.13. The van der Waals surface area contributed by atoms with Crippen molar-refractivity contribution in [3.05, 3.63) is 42.1 Å². The zero-order valence-electron chi connectivity index (χ0n) is 15.3. The van der Waals surface area contributed by atoms with E-state index >= 15 is 0 Å². The fourth-order valence-electron chi connectivity index (χ4n) is 3.65. The van der Waals surface area contributed by atoms with Crippen molar-refractivity contribution in [1.82, 2.24) is 15.2 Å². The highest BCUT2D eigenvalue weighted by Crippen LogP contribution is 2.38. The largest absolute Gasteiger partial charge is 0.507 e. The maximum Gasteiger partial charge on any atom is 0.416 e. The fourth-order valence-corrected chi connectivity index (χ4v) is 3.65. The Morgan fingerprint density at radius 2 is 1.86 bits per heavy atom. The third-order valence-corrected chi connectivity index (χ3v) is 5.17. The van der Waals surface area contributed by atoms with Crippen LogP contribution in [0.15, 0.2) is 36.5 Å². The van der Waals surface area contributed by atoms with Crippen molar-refractivity contribution in [3.63, 3.8) is 0 Å². The number of anilines is 1. The summed E-state index contributed by atoms with van der Waals surface area (Å²) in [6.45, 7) is 0. The number of aromatic nitrogens is 3. The van der Waals surface area contributed by atoms with Crippen LogP contribution >= 0.6 is 0 Å². The number of hydrogen-bond acceptors (Lipinski definition) is 6. The van der Waals surface area contributed by atoms with Gasteiger partial charge in [0, 0.05) is 17.1 Å². The average Bonchev–Trinajstić information content (AvgIpc) is 2.69. The van der Waals surface area contributed by atoms with E-state index in [1.165, 1.54) is 6.07 Å². The van der Waals surface area contributed by atoms with Crippen LogP contribution in [-0.4, -0.2) is 37.5 Å². The molecular weight excluding hydrogens is 385 g/mol. The van der Waals surface area contributed by atoms with Gasteiger partial charge in [0.25, 0.3) is 0 Å². The van der Waals surface area contributed by atoms with Crippen molar-refractivity contribution in [1.29, 1.82) is 0 Å². The summed E-state index contributed by atoms with van der Waals surface area (Å²) in [6, 6.07) is 5.95. The number of pyridine rings is 1. The van der Waals surface area contributed by atoms with Gasteiger partial charge in [0.05, 0.1) is 17.7 Å². The first-order chi connectivity index (χ1) is 13.8. The molecule has 152 valence electrons. The first-order valence-electron chi connectivity index (χ1n) is 9.31. The number of aliphatic hydroxyl groups excluding tert-OH is 1. The molecule has 2 unspecified atom stereocenters. The highest BCUT2D eigenvalue weighted by Gasteiger charge is 2.31. The number of hydrogen-bond donors (Lipinski definition) is 3. The Balaban J connectivity index is 1.76. The summed E-state index contributed by atoms with van der Waals surface area (Å²) in [4.78, 5) is 4.34. The number of alkyl halides is 3. The van der Waals surface area contributed by atoms with E-state index < -0.39 is 23.6 Å². The Morgan fingerprint density at radius 3 is 2.59 bits per heavy atom. The fraction of sp³-hybridized carbons (Fsp3) is 0.350. The second-order valence-corrected chi connectivity index (χ2v) is 7.13. The molecule has 0 saturated heterocycles. The van der Waals surface area contributed by atoms with E-state index in [1.807, 2.05) is 0 Å². The van der Waals surface area contributed by atoms with E-state index in [1.54, 1.807) is 18.3 Å². The molecule has 0 amide bonds. The van der Waals surface area contributed by atoms with Crippen LogP contribution in [0.3, 0.4) is 0 Å². The summed E-state index contributed by atoms with van der Waals surface area (Å²) in [5.41, 5.74) is -0.116. The Kier molecular flexibility index (Phi) is 4.99. The number of aromatic hydroxyl groups is 1. The number of rotatable bonds is 3. The number of nitrogens with one attached hydrogen (secondary N) is 1. The molecule has 2 atom stereocenters. The van der Waals surface area contributed by atoms with Crippen LogP contribution in [0.5, 0.6) is 5.75 Å². The number of nitrogens with zero attached hydrogens (tertiary/aromatic N) is 3. The van der Waals surface area contributed by atoms with Crippen molar-refractivity contribution in [2.75, 3.05) is 5.32 Å². The van der Waals surface area contributed by atoms with Crippen LogP contribution in [0.4, 0.5) is 19.0 Å². The van der Waals surface area contributed by atoms with E-state index in [4.69, 9.17) is 0 Å². The Labute approximate surface area is 164 Å². The number of fused-ring (bicyclic) bond motifs is 1. The van der Waals surface area contributed by atoms with Gasteiger partial charge in [-0.05, 0) is 43.2 Å². The lowest BCUT2D eigenvalue weighted by atomic mass is 9.92. The summed E-state index contributed by atoms with van der Waals surface area (Å²) in [5.74, 6) is -0.149. The van der Waals surface area contributed by atoms with Crippen LogP contribution in [0, 0.1) is 0 Å². The monoisotopic (exact) mass is 404 g/mol. The van der Waals surface area contributed by atoms with Gasteiger partial charge in [-0.15, -0.1) is 10.2 Å². The quantitative estimate of drug-likeness (QED) is 0.608. The van der Waals surface area contributed by atoms with E-state index in [2.05, 4.69) is 20.5 Å². The molecule has 0 spiro atoms. The molecule has 0 bridgehead atoms. The molecule has 9 heteroatoms. The summed E-state index contributed by atoms with van der Waals surface area (Å²) in [5, 5.41) is 32.4. The second-order valence-electron chi connectivity index (χ2n) is 7.13. The lowest BCUT2D eigenvalue weighted by Gasteiger charge is -2.28. The maximum absolute atomic E-state index is 12.9. The van der Waals surface area contributed by atoms with E-state index in [9.17, 15) is 23.4 Å². The van der Waals surface area contributed by atoms with Gasteiger partial charge < -0.3 is 15.5 Å². The lowest BCUT2D eigenvalue weighted by Crippen LogP contribution is -2.36. The molecule has 1 aromatic carbocycles. The Morgan fingerprint density at radius 1 is 1.07 bits per heavy atom. The molecule has 4 rings (SSSR count). The van der Waals surface area contributed by atoms with Crippen LogP contribution in [0.1, 0.15) is 31.2 Å². The summed E-state index contributed by atoms with van der Waals surface area (Å²) in [6.07, 6.45) is -0.0285. The maximum atomic E-state index is 12.9. The highest BCUT2D eigenvalue weighted by atomic mass is 19.4. The van der Waals surface area contributed by atoms with Gasteiger partial charge in [-0.3, -0.25) is 4.98 Å². The first kappa shape index (κ1) is 19.4. The standard InChI is InChI=1S/C20H19F3N4O2/c21-20(22,23)11-7-8-12(16(29)10-11)17-13-4-3-9-24-18(13)19(27-26-17)25-14-5-1-2-6-15(14)28/h3-4,7-10,14-15,28-29H,1-2,5-6H2,(H,25,27). The average molecular weight is 404 g/mol. The number of benzene rings is 1. The molecule has 1 aliphatic carbocycles. The molecule has 1 saturated carbocycles. The minimum atomic E-state index is -4.56. The van der Waals surface area contributed by atoms with Gasteiger partial charge in [-0.1, -0.05) is 12.8 Å². The third kappa shape index (κ3) is 3.82. The molecule has 1 fully saturated rings. The highest BCUT2D eigenvalue weighted by molar-refractivity contribution is 5.98. The number of halogens is 3. The van der Waals surface area contributed by atoms with Crippen LogP contribution in [0.2, 0.25) is 0 Å². The molecule has 1 aliphatic rings. The van der Waals surface area contributed by atoms with E-state index in [-0.39, 0.29) is 17.3 Å². The van der Waals surface area contributed by atoms with Gasteiger partial charge in [0.15, 0.2) is 5.82 Å². The van der Waals surface area contributed by atoms with Crippen molar-refractivity contribution in [2.24, 2.45) is 0 Å². The van der Waals surface area contributed by atoms with E-state index in [0.717, 1.165) is 25.3 Å². The van der Waals surface area contributed by atoms with Crippen molar-refractivity contribution >= 4 is 16.7 Å².